The number of hydrogen-bond acceptors (Lipinski definition) is 3. The summed E-state index contributed by atoms with van der Waals surface area (Å²) in [5.74, 6) is 0.644. The first-order valence-electron chi connectivity index (χ1n) is 6.81. The van der Waals surface area contributed by atoms with Gasteiger partial charge in [-0.3, -0.25) is 0 Å². The van der Waals surface area contributed by atoms with Crippen LogP contribution in [0.5, 0.6) is 5.75 Å². The maximum absolute atomic E-state index is 12.0. The second-order valence-corrected chi connectivity index (χ2v) is 4.41. The number of anilines is 2. The van der Waals surface area contributed by atoms with E-state index in [1.54, 1.807) is 6.07 Å². The highest BCUT2D eigenvalue weighted by molar-refractivity contribution is 6.00. The lowest BCUT2D eigenvalue weighted by Gasteiger charge is -2.12. The Balaban J connectivity index is 2.04. The van der Waals surface area contributed by atoms with Crippen LogP contribution in [0.15, 0.2) is 48.5 Å². The van der Waals surface area contributed by atoms with Crippen molar-refractivity contribution < 1.29 is 9.53 Å². The summed E-state index contributed by atoms with van der Waals surface area (Å²) >= 11 is 0. The van der Waals surface area contributed by atoms with E-state index in [0.717, 1.165) is 5.56 Å². The molecule has 0 saturated carbocycles. The number of carbonyl (C=O) groups excluding carboxylic acids is 1. The average molecular weight is 285 g/mol. The molecule has 5 heteroatoms. The molecule has 2 amide bonds. The molecular formula is C16H19N3O2. The molecule has 0 bridgehead atoms. The Bertz CT molecular complexity index is 614. The van der Waals surface area contributed by atoms with Gasteiger partial charge in [-0.1, -0.05) is 24.3 Å². The van der Waals surface area contributed by atoms with E-state index in [2.05, 4.69) is 10.6 Å². The number of nitrogens with two attached hydrogens (primary N) is 1. The summed E-state index contributed by atoms with van der Waals surface area (Å²) < 4.78 is 5.47. The van der Waals surface area contributed by atoms with Crippen molar-refractivity contribution in [3.05, 3.63) is 54.1 Å². The minimum absolute atomic E-state index is 0.323. The molecule has 0 atom stereocenters. The van der Waals surface area contributed by atoms with Gasteiger partial charge in [0.2, 0.25) is 0 Å². The smallest absolute Gasteiger partial charge is 0.323 e. The Labute approximate surface area is 124 Å². The molecule has 2 aromatic rings. The van der Waals surface area contributed by atoms with Crippen LogP contribution in [0.1, 0.15) is 12.5 Å². The zero-order valence-corrected chi connectivity index (χ0v) is 11.9. The Kier molecular flexibility index (Phi) is 5.17. The van der Waals surface area contributed by atoms with Crippen LogP contribution < -0.4 is 21.1 Å². The quantitative estimate of drug-likeness (QED) is 0.789. The van der Waals surface area contributed by atoms with Crippen LogP contribution in [-0.4, -0.2) is 12.6 Å². The van der Waals surface area contributed by atoms with E-state index in [0.29, 0.717) is 30.3 Å². The molecule has 0 aromatic heterocycles. The van der Waals surface area contributed by atoms with Crippen LogP contribution in [0.2, 0.25) is 0 Å². The maximum atomic E-state index is 12.0. The summed E-state index contributed by atoms with van der Waals surface area (Å²) in [5, 5.41) is 5.55. The number of nitrogens with one attached hydrogen (secondary N) is 2. The fraction of sp³-hybridized carbons (Fsp3) is 0.188. The van der Waals surface area contributed by atoms with E-state index in [1.807, 2.05) is 49.4 Å². The van der Waals surface area contributed by atoms with Gasteiger partial charge in [0.15, 0.2) is 0 Å². The second kappa shape index (κ2) is 7.31. The van der Waals surface area contributed by atoms with E-state index in [-0.39, 0.29) is 6.03 Å². The maximum Gasteiger partial charge on any atom is 0.323 e. The van der Waals surface area contributed by atoms with E-state index >= 15 is 0 Å². The number of para-hydroxylation sites is 2. The molecule has 21 heavy (non-hydrogen) atoms. The molecule has 4 N–H and O–H groups in total. The fourth-order valence-corrected chi connectivity index (χ4v) is 1.91. The average Bonchev–Trinajstić information content (AvgIpc) is 2.49. The lowest BCUT2D eigenvalue weighted by atomic mass is 10.2. The van der Waals surface area contributed by atoms with E-state index in [1.165, 1.54) is 0 Å². The Hall–Kier alpha value is -2.53. The highest BCUT2D eigenvalue weighted by Gasteiger charge is 2.07. The molecular weight excluding hydrogens is 266 g/mol. The van der Waals surface area contributed by atoms with Gasteiger partial charge in [0.05, 0.1) is 12.3 Å². The van der Waals surface area contributed by atoms with Gasteiger partial charge in [-0.25, -0.2) is 4.79 Å². The summed E-state index contributed by atoms with van der Waals surface area (Å²) in [4.78, 5) is 12.0. The van der Waals surface area contributed by atoms with Gasteiger partial charge in [-0.05, 0) is 36.8 Å². The summed E-state index contributed by atoms with van der Waals surface area (Å²) in [6.07, 6.45) is 0. The van der Waals surface area contributed by atoms with Crippen molar-refractivity contribution in [1.82, 2.24) is 0 Å². The largest absolute Gasteiger partial charge is 0.492 e. The minimum Gasteiger partial charge on any atom is -0.492 e. The Morgan fingerprint density at radius 2 is 1.95 bits per heavy atom. The highest BCUT2D eigenvalue weighted by atomic mass is 16.5. The van der Waals surface area contributed by atoms with Gasteiger partial charge in [0, 0.05) is 12.2 Å². The van der Waals surface area contributed by atoms with Gasteiger partial charge < -0.3 is 21.1 Å². The Morgan fingerprint density at radius 3 is 2.71 bits per heavy atom. The molecule has 0 aliphatic carbocycles. The second-order valence-electron chi connectivity index (χ2n) is 4.41. The first-order chi connectivity index (χ1) is 10.2. The molecule has 0 aliphatic rings. The number of urea groups is 1. The highest BCUT2D eigenvalue weighted by Crippen LogP contribution is 2.23. The Morgan fingerprint density at radius 1 is 1.14 bits per heavy atom. The van der Waals surface area contributed by atoms with Crippen molar-refractivity contribution in [3.63, 3.8) is 0 Å². The van der Waals surface area contributed by atoms with Gasteiger partial charge in [-0.2, -0.15) is 0 Å². The summed E-state index contributed by atoms with van der Waals surface area (Å²) in [6.45, 7) is 2.87. The van der Waals surface area contributed by atoms with Crippen LogP contribution in [0.4, 0.5) is 16.2 Å². The summed E-state index contributed by atoms with van der Waals surface area (Å²) in [6, 6.07) is 14.4. The molecule has 5 nitrogen and oxygen atoms in total. The van der Waals surface area contributed by atoms with E-state index < -0.39 is 0 Å². The number of ether oxygens (including phenoxy) is 1. The molecule has 110 valence electrons. The first kappa shape index (κ1) is 14.9. The van der Waals surface area contributed by atoms with Crippen molar-refractivity contribution in [1.29, 1.82) is 0 Å². The zero-order chi connectivity index (χ0) is 15.1. The third-order valence-corrected chi connectivity index (χ3v) is 2.86. The van der Waals surface area contributed by atoms with Crippen LogP contribution in [0, 0.1) is 0 Å². The molecule has 0 heterocycles. The standard InChI is InChI=1S/C16H19N3O2/c1-2-21-15-9-4-3-8-14(15)19-16(20)18-13-7-5-6-12(10-13)11-17/h3-10H,2,11,17H2,1H3,(H2,18,19,20). The topological polar surface area (TPSA) is 76.4 Å². The van der Waals surface area contributed by atoms with Crippen molar-refractivity contribution in [2.75, 3.05) is 17.2 Å². The number of hydrogen-bond donors (Lipinski definition) is 3. The molecule has 0 aliphatic heterocycles. The van der Waals surface area contributed by atoms with Crippen molar-refractivity contribution >= 4 is 17.4 Å². The number of amides is 2. The minimum atomic E-state index is -0.323. The predicted octanol–water partition coefficient (Wildman–Crippen LogP) is 3.19. The molecule has 0 fully saturated rings. The van der Waals surface area contributed by atoms with Gasteiger partial charge in [-0.15, -0.1) is 0 Å². The van der Waals surface area contributed by atoms with E-state index in [4.69, 9.17) is 10.5 Å². The summed E-state index contributed by atoms with van der Waals surface area (Å²) in [5.41, 5.74) is 7.87. The SMILES string of the molecule is CCOc1ccccc1NC(=O)Nc1cccc(CN)c1. The van der Waals surface area contributed by atoms with Crippen LogP contribution in [-0.2, 0) is 6.54 Å². The molecule has 0 saturated heterocycles. The number of benzene rings is 2. The van der Waals surface area contributed by atoms with Crippen molar-refractivity contribution in [3.8, 4) is 5.75 Å². The molecule has 0 radical (unpaired) electrons. The van der Waals surface area contributed by atoms with Gasteiger partial charge >= 0.3 is 6.03 Å². The third kappa shape index (κ3) is 4.22. The molecule has 0 spiro atoms. The van der Waals surface area contributed by atoms with Crippen LogP contribution in [0.25, 0.3) is 0 Å². The third-order valence-electron chi connectivity index (χ3n) is 2.86. The number of carbonyl (C=O) groups is 1. The predicted molar refractivity (Wildman–Crippen MR) is 84.6 cm³/mol. The lowest BCUT2D eigenvalue weighted by molar-refractivity contribution is 0.262. The van der Waals surface area contributed by atoms with E-state index in [9.17, 15) is 4.79 Å². The number of rotatable bonds is 5. The molecule has 2 rings (SSSR count). The lowest BCUT2D eigenvalue weighted by Crippen LogP contribution is -2.20. The molecule has 0 unspecified atom stereocenters. The van der Waals surface area contributed by atoms with Crippen molar-refractivity contribution in [2.24, 2.45) is 5.73 Å². The first-order valence-corrected chi connectivity index (χ1v) is 6.81. The van der Waals surface area contributed by atoms with Crippen LogP contribution >= 0.6 is 0 Å². The monoisotopic (exact) mass is 285 g/mol. The van der Waals surface area contributed by atoms with Crippen LogP contribution in [0.3, 0.4) is 0 Å². The fourth-order valence-electron chi connectivity index (χ4n) is 1.91. The zero-order valence-electron chi connectivity index (χ0n) is 11.9. The summed E-state index contributed by atoms with van der Waals surface area (Å²) in [7, 11) is 0. The van der Waals surface area contributed by atoms with Crippen molar-refractivity contribution in [2.45, 2.75) is 13.5 Å². The molecule has 2 aromatic carbocycles. The van der Waals surface area contributed by atoms with Gasteiger partial charge in [0.25, 0.3) is 0 Å². The normalized spacial score (nSPS) is 10.0. The van der Waals surface area contributed by atoms with Gasteiger partial charge in [0.1, 0.15) is 5.75 Å².